The number of benzene rings is 2. The molecule has 0 fully saturated rings. The molecule has 2 aromatic carbocycles. The number of rotatable bonds is 2. The predicted molar refractivity (Wildman–Crippen MR) is 79.7 cm³/mol. The van der Waals surface area contributed by atoms with Crippen molar-refractivity contribution in [3.8, 4) is 0 Å². The van der Waals surface area contributed by atoms with E-state index in [-0.39, 0.29) is 5.78 Å². The zero-order valence-electron chi connectivity index (χ0n) is 11.9. The van der Waals surface area contributed by atoms with E-state index in [1.807, 2.05) is 52.0 Å². The van der Waals surface area contributed by atoms with Gasteiger partial charge < -0.3 is 5.73 Å². The first-order valence-corrected chi connectivity index (χ1v) is 6.39. The van der Waals surface area contributed by atoms with Crippen LogP contribution in [0.2, 0.25) is 0 Å². The Hall–Kier alpha value is -2.09. The van der Waals surface area contributed by atoms with Gasteiger partial charge in [0.05, 0.1) is 0 Å². The highest BCUT2D eigenvalue weighted by Crippen LogP contribution is 2.22. The molecule has 2 nitrogen and oxygen atoms in total. The average Bonchev–Trinajstić information content (AvgIpc) is 2.33. The second-order valence-electron chi connectivity index (χ2n) is 5.17. The van der Waals surface area contributed by atoms with Gasteiger partial charge in [-0.15, -0.1) is 0 Å². The normalized spacial score (nSPS) is 10.5. The van der Waals surface area contributed by atoms with Crippen LogP contribution in [0.1, 0.15) is 38.2 Å². The van der Waals surface area contributed by atoms with E-state index in [0.717, 1.165) is 27.8 Å². The van der Waals surface area contributed by atoms with E-state index in [4.69, 9.17) is 5.73 Å². The zero-order chi connectivity index (χ0) is 14.2. The van der Waals surface area contributed by atoms with Crippen LogP contribution in [-0.4, -0.2) is 5.78 Å². The molecule has 0 aromatic heterocycles. The number of carbonyl (C=O) groups excluding carboxylic acids is 1. The second-order valence-corrected chi connectivity index (χ2v) is 5.17. The Balaban J connectivity index is 2.53. The van der Waals surface area contributed by atoms with E-state index < -0.39 is 0 Å². The summed E-state index contributed by atoms with van der Waals surface area (Å²) in [6, 6.07) is 9.63. The number of hydrogen-bond donors (Lipinski definition) is 1. The number of carbonyl (C=O) groups is 1. The molecule has 0 spiro atoms. The van der Waals surface area contributed by atoms with Crippen molar-refractivity contribution < 1.29 is 4.79 Å². The summed E-state index contributed by atoms with van der Waals surface area (Å²) in [6.45, 7) is 7.89. The summed E-state index contributed by atoms with van der Waals surface area (Å²) in [5, 5.41) is 0. The van der Waals surface area contributed by atoms with E-state index in [0.29, 0.717) is 11.3 Å². The lowest BCUT2D eigenvalue weighted by atomic mass is 9.93. The molecule has 2 rings (SSSR count). The third kappa shape index (κ3) is 2.53. The predicted octanol–water partition coefficient (Wildman–Crippen LogP) is 3.73. The van der Waals surface area contributed by atoms with Crippen molar-refractivity contribution in [1.29, 1.82) is 0 Å². The molecular formula is C17H19NO. The minimum absolute atomic E-state index is 0.0432. The SMILES string of the molecule is Cc1ccc(C(=O)c2cc(N)c(C)cc2C)c(C)c1. The fourth-order valence-electron chi connectivity index (χ4n) is 2.33. The molecule has 0 saturated carbocycles. The van der Waals surface area contributed by atoms with Crippen LogP contribution in [0.25, 0.3) is 0 Å². The van der Waals surface area contributed by atoms with Crippen LogP contribution in [0.15, 0.2) is 30.3 Å². The van der Waals surface area contributed by atoms with Gasteiger partial charge in [0.25, 0.3) is 0 Å². The van der Waals surface area contributed by atoms with Gasteiger partial charge in [-0.2, -0.15) is 0 Å². The van der Waals surface area contributed by atoms with E-state index >= 15 is 0 Å². The van der Waals surface area contributed by atoms with Crippen LogP contribution in [0.5, 0.6) is 0 Å². The van der Waals surface area contributed by atoms with E-state index in [1.165, 1.54) is 0 Å². The zero-order valence-corrected chi connectivity index (χ0v) is 11.9. The maximum atomic E-state index is 12.6. The Labute approximate surface area is 114 Å². The van der Waals surface area contributed by atoms with Crippen molar-refractivity contribution >= 4 is 11.5 Å². The lowest BCUT2D eigenvalue weighted by Gasteiger charge is -2.11. The number of ketones is 1. The van der Waals surface area contributed by atoms with Gasteiger partial charge in [0.2, 0.25) is 0 Å². The summed E-state index contributed by atoms with van der Waals surface area (Å²) in [4.78, 5) is 12.6. The standard InChI is InChI=1S/C17H19NO/c1-10-5-6-14(11(2)7-10)17(19)15-9-16(18)13(4)8-12(15)3/h5-9H,18H2,1-4H3. The molecule has 0 saturated heterocycles. The Morgan fingerprint density at radius 3 is 2.11 bits per heavy atom. The highest BCUT2D eigenvalue weighted by molar-refractivity contribution is 6.11. The maximum Gasteiger partial charge on any atom is 0.193 e. The fourth-order valence-corrected chi connectivity index (χ4v) is 2.33. The second kappa shape index (κ2) is 4.88. The van der Waals surface area contributed by atoms with Crippen LogP contribution in [0, 0.1) is 27.7 Å². The van der Waals surface area contributed by atoms with Crippen LogP contribution in [0.4, 0.5) is 5.69 Å². The van der Waals surface area contributed by atoms with E-state index in [9.17, 15) is 4.79 Å². The Morgan fingerprint density at radius 1 is 0.842 bits per heavy atom. The quantitative estimate of drug-likeness (QED) is 0.654. The van der Waals surface area contributed by atoms with Gasteiger partial charge in [-0.3, -0.25) is 4.79 Å². The lowest BCUT2D eigenvalue weighted by molar-refractivity contribution is 0.103. The Morgan fingerprint density at radius 2 is 1.47 bits per heavy atom. The molecule has 98 valence electrons. The first-order chi connectivity index (χ1) is 8.90. The van der Waals surface area contributed by atoms with Crippen LogP contribution in [-0.2, 0) is 0 Å². The first kappa shape index (κ1) is 13.3. The molecule has 0 atom stereocenters. The Kier molecular flexibility index (Phi) is 3.43. The molecule has 2 N–H and O–H groups in total. The molecule has 0 aliphatic carbocycles. The average molecular weight is 253 g/mol. The molecule has 0 heterocycles. The fraction of sp³-hybridized carbons (Fsp3) is 0.235. The molecule has 0 amide bonds. The number of nitrogen functional groups attached to an aromatic ring is 1. The summed E-state index contributed by atoms with van der Waals surface area (Å²) >= 11 is 0. The summed E-state index contributed by atoms with van der Waals surface area (Å²) in [6.07, 6.45) is 0. The van der Waals surface area contributed by atoms with Gasteiger partial charge in [0.15, 0.2) is 5.78 Å². The number of aryl methyl sites for hydroxylation is 4. The number of nitrogens with two attached hydrogens (primary N) is 1. The van der Waals surface area contributed by atoms with Crippen molar-refractivity contribution in [2.24, 2.45) is 0 Å². The smallest absolute Gasteiger partial charge is 0.193 e. The minimum atomic E-state index is 0.0432. The summed E-state index contributed by atoms with van der Waals surface area (Å²) < 4.78 is 0. The monoisotopic (exact) mass is 253 g/mol. The number of hydrogen-bond acceptors (Lipinski definition) is 2. The van der Waals surface area contributed by atoms with Crippen molar-refractivity contribution in [2.45, 2.75) is 27.7 Å². The largest absolute Gasteiger partial charge is 0.398 e. The molecular weight excluding hydrogens is 234 g/mol. The van der Waals surface area contributed by atoms with Crippen molar-refractivity contribution in [2.75, 3.05) is 5.73 Å². The van der Waals surface area contributed by atoms with Gasteiger partial charge in [-0.05, 0) is 50.5 Å². The highest BCUT2D eigenvalue weighted by atomic mass is 16.1. The van der Waals surface area contributed by atoms with E-state index in [2.05, 4.69) is 0 Å². The molecule has 0 bridgehead atoms. The van der Waals surface area contributed by atoms with Gasteiger partial charge in [0.1, 0.15) is 0 Å². The summed E-state index contributed by atoms with van der Waals surface area (Å²) in [5.41, 5.74) is 12.2. The van der Waals surface area contributed by atoms with Crippen molar-refractivity contribution in [3.05, 3.63) is 63.7 Å². The Bertz CT molecular complexity index is 657. The van der Waals surface area contributed by atoms with Gasteiger partial charge in [-0.25, -0.2) is 0 Å². The first-order valence-electron chi connectivity index (χ1n) is 6.39. The van der Waals surface area contributed by atoms with Crippen LogP contribution < -0.4 is 5.73 Å². The summed E-state index contributed by atoms with van der Waals surface area (Å²) in [5.74, 6) is 0.0432. The van der Waals surface area contributed by atoms with Gasteiger partial charge in [0, 0.05) is 16.8 Å². The molecule has 2 aromatic rings. The third-order valence-electron chi connectivity index (χ3n) is 3.48. The van der Waals surface area contributed by atoms with Crippen LogP contribution in [0.3, 0.4) is 0 Å². The molecule has 0 radical (unpaired) electrons. The van der Waals surface area contributed by atoms with Gasteiger partial charge in [-0.1, -0.05) is 29.8 Å². The molecule has 0 aliphatic rings. The molecule has 0 unspecified atom stereocenters. The molecule has 0 aliphatic heterocycles. The lowest BCUT2D eigenvalue weighted by Crippen LogP contribution is -2.07. The van der Waals surface area contributed by atoms with Crippen molar-refractivity contribution in [1.82, 2.24) is 0 Å². The number of anilines is 1. The van der Waals surface area contributed by atoms with Gasteiger partial charge >= 0.3 is 0 Å². The maximum absolute atomic E-state index is 12.6. The molecule has 2 heteroatoms. The van der Waals surface area contributed by atoms with Crippen molar-refractivity contribution in [3.63, 3.8) is 0 Å². The summed E-state index contributed by atoms with van der Waals surface area (Å²) in [7, 11) is 0. The molecule has 19 heavy (non-hydrogen) atoms. The highest BCUT2D eigenvalue weighted by Gasteiger charge is 2.15. The minimum Gasteiger partial charge on any atom is -0.398 e. The van der Waals surface area contributed by atoms with Crippen LogP contribution >= 0.6 is 0 Å². The topological polar surface area (TPSA) is 43.1 Å². The van der Waals surface area contributed by atoms with E-state index in [1.54, 1.807) is 6.07 Å². The third-order valence-corrected chi connectivity index (χ3v) is 3.48.